The Balaban J connectivity index is 2.55. The van der Waals surface area contributed by atoms with Gasteiger partial charge in [0.15, 0.2) is 11.6 Å². The molecule has 1 aromatic rings. The molecule has 1 rings (SSSR count). The van der Waals surface area contributed by atoms with Gasteiger partial charge in [0, 0.05) is 12.4 Å². The minimum Gasteiger partial charge on any atom is -0.297 e. The molecule has 1 nitrogen and oxygen atoms in total. The lowest BCUT2D eigenvalue weighted by atomic mass is 10.1. The summed E-state index contributed by atoms with van der Waals surface area (Å²) in [5.41, 5.74) is 0.803. The molecule has 0 aliphatic carbocycles. The van der Waals surface area contributed by atoms with Crippen LogP contribution in [0.5, 0.6) is 0 Å². The van der Waals surface area contributed by atoms with Crippen LogP contribution >= 0.6 is 12.6 Å². The van der Waals surface area contributed by atoms with Gasteiger partial charge in [0.05, 0.1) is 0 Å². The van der Waals surface area contributed by atoms with E-state index >= 15 is 0 Å². The van der Waals surface area contributed by atoms with Gasteiger partial charge in [0.2, 0.25) is 0 Å². The summed E-state index contributed by atoms with van der Waals surface area (Å²) < 4.78 is 25.3. The molecular formula is C10H13F2NS. The zero-order valence-electron chi connectivity index (χ0n) is 8.00. The van der Waals surface area contributed by atoms with E-state index in [0.29, 0.717) is 12.3 Å². The van der Waals surface area contributed by atoms with Gasteiger partial charge in [-0.05, 0) is 31.2 Å². The Bertz CT molecular complexity index is 304. The molecule has 0 saturated heterocycles. The fourth-order valence-electron chi connectivity index (χ4n) is 1.09. The van der Waals surface area contributed by atoms with Crippen LogP contribution in [0.2, 0.25) is 0 Å². The van der Waals surface area contributed by atoms with E-state index < -0.39 is 11.6 Å². The second-order valence-electron chi connectivity index (χ2n) is 3.22. The largest absolute Gasteiger partial charge is 0.297 e. The minimum atomic E-state index is -0.795. The first-order chi connectivity index (χ1) is 6.63. The standard InChI is InChI=1S/C10H13F2NS/c1-13(7-14)5-4-8-2-3-9(11)10(12)6-8/h2-3,6,14H,4-5,7H2,1H3. The van der Waals surface area contributed by atoms with E-state index in [9.17, 15) is 8.78 Å². The fraction of sp³-hybridized carbons (Fsp3) is 0.400. The lowest BCUT2D eigenvalue weighted by Gasteiger charge is -2.12. The first-order valence-corrected chi connectivity index (χ1v) is 5.00. The molecule has 0 fully saturated rings. The summed E-state index contributed by atoms with van der Waals surface area (Å²) in [4.78, 5) is 1.99. The second kappa shape index (κ2) is 5.32. The fourth-order valence-corrected chi connectivity index (χ4v) is 1.23. The van der Waals surface area contributed by atoms with Crippen LogP contribution in [-0.2, 0) is 6.42 Å². The summed E-state index contributed by atoms with van der Waals surface area (Å²) in [6.07, 6.45) is 0.703. The second-order valence-corrected chi connectivity index (χ2v) is 3.50. The first-order valence-electron chi connectivity index (χ1n) is 4.37. The topological polar surface area (TPSA) is 3.24 Å². The van der Waals surface area contributed by atoms with Crippen LogP contribution in [0.1, 0.15) is 5.56 Å². The molecule has 0 atom stereocenters. The quantitative estimate of drug-likeness (QED) is 0.598. The van der Waals surface area contributed by atoms with Crippen molar-refractivity contribution < 1.29 is 8.78 Å². The van der Waals surface area contributed by atoms with Crippen LogP contribution in [0.25, 0.3) is 0 Å². The third-order valence-corrected chi connectivity index (χ3v) is 2.49. The maximum Gasteiger partial charge on any atom is 0.159 e. The Morgan fingerprint density at radius 2 is 2.00 bits per heavy atom. The highest BCUT2D eigenvalue weighted by Gasteiger charge is 2.03. The van der Waals surface area contributed by atoms with Gasteiger partial charge in [0.1, 0.15) is 0 Å². The van der Waals surface area contributed by atoms with Crippen molar-refractivity contribution in [2.24, 2.45) is 0 Å². The molecule has 0 amide bonds. The first kappa shape index (κ1) is 11.5. The molecule has 78 valence electrons. The molecule has 0 saturated carbocycles. The Hall–Kier alpha value is -0.610. The zero-order valence-corrected chi connectivity index (χ0v) is 8.90. The van der Waals surface area contributed by atoms with Gasteiger partial charge in [-0.25, -0.2) is 8.78 Å². The van der Waals surface area contributed by atoms with E-state index in [4.69, 9.17) is 0 Å². The van der Waals surface area contributed by atoms with Gasteiger partial charge in [-0.15, -0.1) is 0 Å². The van der Waals surface area contributed by atoms with Crippen molar-refractivity contribution in [2.45, 2.75) is 6.42 Å². The minimum absolute atomic E-state index is 0.656. The van der Waals surface area contributed by atoms with E-state index in [1.165, 1.54) is 6.07 Å². The van der Waals surface area contributed by atoms with Crippen LogP contribution < -0.4 is 0 Å². The number of hydrogen-bond donors (Lipinski definition) is 1. The van der Waals surface area contributed by atoms with Crippen LogP contribution in [0.3, 0.4) is 0 Å². The van der Waals surface area contributed by atoms with E-state index in [0.717, 1.165) is 18.2 Å². The number of rotatable bonds is 4. The van der Waals surface area contributed by atoms with Crippen LogP contribution in [0.4, 0.5) is 8.78 Å². The van der Waals surface area contributed by atoms with Gasteiger partial charge in [-0.3, -0.25) is 4.90 Å². The Labute approximate surface area is 88.1 Å². The van der Waals surface area contributed by atoms with Gasteiger partial charge in [0.25, 0.3) is 0 Å². The Morgan fingerprint density at radius 3 is 2.57 bits per heavy atom. The molecule has 0 spiro atoms. The molecule has 0 radical (unpaired) electrons. The molecule has 0 bridgehead atoms. The van der Waals surface area contributed by atoms with Crippen molar-refractivity contribution in [1.29, 1.82) is 0 Å². The van der Waals surface area contributed by atoms with Crippen LogP contribution in [-0.4, -0.2) is 24.4 Å². The van der Waals surface area contributed by atoms with Crippen molar-refractivity contribution >= 4 is 12.6 Å². The van der Waals surface area contributed by atoms with Crippen molar-refractivity contribution in [2.75, 3.05) is 19.5 Å². The third kappa shape index (κ3) is 3.27. The van der Waals surface area contributed by atoms with Crippen LogP contribution in [0.15, 0.2) is 18.2 Å². The number of nitrogens with zero attached hydrogens (tertiary/aromatic N) is 1. The highest BCUT2D eigenvalue weighted by atomic mass is 32.1. The van der Waals surface area contributed by atoms with Crippen molar-refractivity contribution in [3.8, 4) is 0 Å². The molecule has 0 aromatic heterocycles. The van der Waals surface area contributed by atoms with Crippen molar-refractivity contribution in [3.05, 3.63) is 35.4 Å². The number of thiol groups is 1. The lowest BCUT2D eigenvalue weighted by molar-refractivity contribution is 0.398. The highest BCUT2D eigenvalue weighted by molar-refractivity contribution is 7.80. The molecule has 0 unspecified atom stereocenters. The number of hydrogen-bond acceptors (Lipinski definition) is 2. The highest BCUT2D eigenvalue weighted by Crippen LogP contribution is 2.09. The summed E-state index contributed by atoms with van der Waals surface area (Å²) in [6.45, 7) is 0.786. The van der Waals surface area contributed by atoms with E-state index in [1.54, 1.807) is 6.07 Å². The number of likely N-dealkylation sites (N-methyl/N-ethyl adjacent to an activating group) is 1. The van der Waals surface area contributed by atoms with Crippen molar-refractivity contribution in [1.82, 2.24) is 4.90 Å². The van der Waals surface area contributed by atoms with E-state index in [1.807, 2.05) is 11.9 Å². The zero-order chi connectivity index (χ0) is 10.6. The molecular weight excluding hydrogens is 204 g/mol. The molecule has 0 aliphatic rings. The molecule has 0 N–H and O–H groups in total. The molecule has 14 heavy (non-hydrogen) atoms. The molecule has 4 heteroatoms. The summed E-state index contributed by atoms with van der Waals surface area (Å²) in [6, 6.07) is 4.00. The van der Waals surface area contributed by atoms with E-state index in [-0.39, 0.29) is 0 Å². The molecule has 0 heterocycles. The summed E-state index contributed by atoms with van der Waals surface area (Å²) in [7, 11) is 1.92. The monoisotopic (exact) mass is 217 g/mol. The molecule has 1 aromatic carbocycles. The SMILES string of the molecule is CN(CS)CCc1ccc(F)c(F)c1. The summed E-state index contributed by atoms with van der Waals surface area (Å²) in [5.74, 6) is -0.920. The summed E-state index contributed by atoms with van der Waals surface area (Å²) in [5, 5.41) is 0. The summed E-state index contributed by atoms with van der Waals surface area (Å²) >= 11 is 4.09. The average Bonchev–Trinajstić information content (AvgIpc) is 2.19. The molecule has 0 aliphatic heterocycles. The third-order valence-electron chi connectivity index (χ3n) is 2.01. The number of halogens is 2. The van der Waals surface area contributed by atoms with Gasteiger partial charge >= 0.3 is 0 Å². The van der Waals surface area contributed by atoms with Crippen LogP contribution in [0, 0.1) is 11.6 Å². The lowest BCUT2D eigenvalue weighted by Crippen LogP contribution is -2.19. The predicted molar refractivity (Wildman–Crippen MR) is 56.5 cm³/mol. The van der Waals surface area contributed by atoms with Gasteiger partial charge in [-0.2, -0.15) is 12.6 Å². The normalized spacial score (nSPS) is 10.9. The number of benzene rings is 1. The maximum atomic E-state index is 12.8. The van der Waals surface area contributed by atoms with Gasteiger partial charge < -0.3 is 0 Å². The average molecular weight is 217 g/mol. The predicted octanol–water partition coefficient (Wildman–Crippen LogP) is 2.33. The smallest absolute Gasteiger partial charge is 0.159 e. The van der Waals surface area contributed by atoms with E-state index in [2.05, 4.69) is 12.6 Å². The maximum absolute atomic E-state index is 12.8. The van der Waals surface area contributed by atoms with Gasteiger partial charge in [-0.1, -0.05) is 6.07 Å². The van der Waals surface area contributed by atoms with Crippen molar-refractivity contribution in [3.63, 3.8) is 0 Å². The Kier molecular flexibility index (Phi) is 4.35. The Morgan fingerprint density at radius 1 is 1.29 bits per heavy atom.